The number of benzene rings is 2. The summed E-state index contributed by atoms with van der Waals surface area (Å²) in [6, 6.07) is 11.9. The van der Waals surface area contributed by atoms with Crippen LogP contribution < -0.4 is 4.72 Å². The quantitative estimate of drug-likeness (QED) is 0.728. The first kappa shape index (κ1) is 17.8. The minimum atomic E-state index is -3.33. The lowest BCUT2D eigenvalue weighted by molar-refractivity contribution is 0.0994. The van der Waals surface area contributed by atoms with E-state index in [-0.39, 0.29) is 11.8 Å². The fourth-order valence-corrected chi connectivity index (χ4v) is 4.36. The monoisotopic (exact) mass is 382 g/mol. The number of ketones is 1. The van der Waals surface area contributed by atoms with E-state index < -0.39 is 10.0 Å². The van der Waals surface area contributed by atoms with Gasteiger partial charge in [-0.25, -0.2) is 8.42 Å². The van der Waals surface area contributed by atoms with E-state index in [0.29, 0.717) is 12.1 Å². The first-order valence-electron chi connectivity index (χ1n) is 9.02. The molecule has 5 nitrogen and oxygen atoms in total. The van der Waals surface area contributed by atoms with Crippen LogP contribution in [0.4, 0.5) is 5.69 Å². The van der Waals surface area contributed by atoms with E-state index in [2.05, 4.69) is 35.4 Å². The van der Waals surface area contributed by atoms with Gasteiger partial charge in [0.05, 0.1) is 17.5 Å². The third kappa shape index (κ3) is 3.25. The van der Waals surface area contributed by atoms with E-state index in [9.17, 15) is 13.2 Å². The van der Waals surface area contributed by atoms with E-state index in [0.717, 1.165) is 45.8 Å². The Kier molecular flexibility index (Phi) is 4.11. The fraction of sp³-hybridized carbons (Fsp3) is 0.286. The highest BCUT2D eigenvalue weighted by Gasteiger charge is 2.21. The van der Waals surface area contributed by atoms with Crippen molar-refractivity contribution < 1.29 is 13.2 Å². The highest BCUT2D eigenvalue weighted by atomic mass is 32.2. The van der Waals surface area contributed by atoms with Crippen molar-refractivity contribution in [3.05, 3.63) is 53.7 Å². The summed E-state index contributed by atoms with van der Waals surface area (Å²) < 4.78 is 27.8. The molecule has 0 bridgehead atoms. The van der Waals surface area contributed by atoms with Crippen LogP contribution in [0.3, 0.4) is 0 Å². The number of hydrogen-bond acceptors (Lipinski definition) is 3. The normalized spacial score (nSPS) is 14.1. The average molecular weight is 382 g/mol. The molecular weight excluding hydrogens is 360 g/mol. The molecule has 27 heavy (non-hydrogen) atoms. The highest BCUT2D eigenvalue weighted by molar-refractivity contribution is 7.92. The first-order chi connectivity index (χ1) is 12.7. The summed E-state index contributed by atoms with van der Waals surface area (Å²) in [6.07, 6.45) is 4.65. The van der Waals surface area contributed by atoms with E-state index in [1.54, 1.807) is 6.07 Å². The number of anilines is 1. The molecule has 0 atom stereocenters. The van der Waals surface area contributed by atoms with Crippen LogP contribution in [0.15, 0.2) is 42.6 Å². The van der Waals surface area contributed by atoms with Crippen LogP contribution in [0.5, 0.6) is 0 Å². The number of sulfonamides is 1. The van der Waals surface area contributed by atoms with Gasteiger partial charge >= 0.3 is 0 Å². The zero-order valence-corrected chi connectivity index (χ0v) is 16.4. The molecule has 140 valence electrons. The molecule has 1 aromatic heterocycles. The molecule has 0 radical (unpaired) electrons. The number of nitrogens with zero attached hydrogens (tertiary/aromatic N) is 1. The summed E-state index contributed by atoms with van der Waals surface area (Å²) in [6.45, 7) is 4.20. The van der Waals surface area contributed by atoms with Gasteiger partial charge in [-0.3, -0.25) is 9.52 Å². The van der Waals surface area contributed by atoms with Gasteiger partial charge in [-0.2, -0.15) is 0 Å². The number of carbonyl (C=O) groups excluding carboxylic acids is 1. The molecule has 1 aliphatic carbocycles. The summed E-state index contributed by atoms with van der Waals surface area (Å²) in [5.41, 5.74) is 5.65. The van der Waals surface area contributed by atoms with Crippen molar-refractivity contribution in [1.29, 1.82) is 0 Å². The number of rotatable bonds is 4. The van der Waals surface area contributed by atoms with Crippen molar-refractivity contribution >= 4 is 32.4 Å². The van der Waals surface area contributed by atoms with Crippen LogP contribution in [0.1, 0.15) is 42.2 Å². The lowest BCUT2D eigenvalue weighted by Crippen LogP contribution is -2.09. The van der Waals surface area contributed by atoms with Crippen LogP contribution in [0.2, 0.25) is 0 Å². The third-order valence-electron chi connectivity index (χ3n) is 5.03. The van der Waals surface area contributed by atoms with Gasteiger partial charge in [-0.05, 0) is 43.5 Å². The van der Waals surface area contributed by atoms with Gasteiger partial charge < -0.3 is 4.57 Å². The number of fused-ring (bicyclic) bond motifs is 2. The Hall–Kier alpha value is -2.60. The van der Waals surface area contributed by atoms with Gasteiger partial charge in [0, 0.05) is 35.2 Å². The molecule has 2 aromatic carbocycles. The Labute approximate surface area is 159 Å². The van der Waals surface area contributed by atoms with Crippen molar-refractivity contribution in [3.63, 3.8) is 0 Å². The summed E-state index contributed by atoms with van der Waals surface area (Å²) in [7, 11) is -3.33. The fourth-order valence-electron chi connectivity index (χ4n) is 3.81. The molecule has 0 spiro atoms. The molecular formula is C21H22N2O3S. The standard InChI is InChI=1S/C21H22N2O3S/c1-13(2)23-12-19(15-4-7-17-14(10-15)5-9-21(17)24)18-8-6-16(11-20(18)23)22-27(3,25)26/h4,6-8,10-13,22H,5,9H2,1-3H3. The third-order valence-corrected chi connectivity index (χ3v) is 5.64. The highest BCUT2D eigenvalue weighted by Crippen LogP contribution is 2.36. The Morgan fingerprint density at radius 2 is 1.81 bits per heavy atom. The van der Waals surface area contributed by atoms with Gasteiger partial charge in [-0.15, -0.1) is 0 Å². The maximum absolute atomic E-state index is 11.9. The van der Waals surface area contributed by atoms with Crippen LogP contribution in [0.25, 0.3) is 22.0 Å². The number of aromatic nitrogens is 1. The molecule has 6 heteroatoms. The lowest BCUT2D eigenvalue weighted by Gasteiger charge is -2.10. The molecule has 1 aliphatic rings. The van der Waals surface area contributed by atoms with E-state index in [4.69, 9.17) is 0 Å². The predicted molar refractivity (Wildman–Crippen MR) is 109 cm³/mol. The summed E-state index contributed by atoms with van der Waals surface area (Å²) in [5, 5.41) is 1.06. The number of carbonyl (C=O) groups is 1. The van der Waals surface area contributed by atoms with Crippen LogP contribution in [-0.4, -0.2) is 25.0 Å². The van der Waals surface area contributed by atoms with E-state index >= 15 is 0 Å². The molecule has 3 aromatic rings. The lowest BCUT2D eigenvalue weighted by atomic mass is 10.00. The Balaban J connectivity index is 1.88. The number of nitrogens with one attached hydrogen (secondary N) is 1. The second kappa shape index (κ2) is 6.23. The maximum atomic E-state index is 11.9. The number of aryl methyl sites for hydroxylation is 1. The molecule has 1 heterocycles. The van der Waals surface area contributed by atoms with Crippen LogP contribution in [0, 0.1) is 0 Å². The maximum Gasteiger partial charge on any atom is 0.229 e. The number of hydrogen-bond donors (Lipinski definition) is 1. The molecule has 0 amide bonds. The Bertz CT molecular complexity index is 1170. The van der Waals surface area contributed by atoms with Gasteiger partial charge in [0.15, 0.2) is 5.78 Å². The molecule has 0 fully saturated rings. The Morgan fingerprint density at radius 1 is 1.04 bits per heavy atom. The van der Waals surface area contributed by atoms with Gasteiger partial charge in [0.25, 0.3) is 0 Å². The molecule has 0 unspecified atom stereocenters. The summed E-state index contributed by atoms with van der Waals surface area (Å²) in [5.74, 6) is 0.220. The summed E-state index contributed by atoms with van der Waals surface area (Å²) in [4.78, 5) is 11.9. The van der Waals surface area contributed by atoms with E-state index in [1.165, 1.54) is 0 Å². The SMILES string of the molecule is CC(C)n1cc(-c2ccc3c(c2)CCC3=O)c2ccc(NS(C)(=O)=O)cc21. The minimum absolute atomic E-state index is 0.220. The van der Waals surface area contributed by atoms with Gasteiger partial charge in [0.2, 0.25) is 10.0 Å². The molecule has 0 aliphatic heterocycles. The van der Waals surface area contributed by atoms with Crippen molar-refractivity contribution in [2.24, 2.45) is 0 Å². The zero-order valence-electron chi connectivity index (χ0n) is 15.6. The Morgan fingerprint density at radius 3 is 2.52 bits per heavy atom. The van der Waals surface area contributed by atoms with Crippen LogP contribution >= 0.6 is 0 Å². The van der Waals surface area contributed by atoms with E-state index in [1.807, 2.05) is 24.3 Å². The van der Waals surface area contributed by atoms with Crippen molar-refractivity contribution in [2.45, 2.75) is 32.7 Å². The zero-order chi connectivity index (χ0) is 19.3. The van der Waals surface area contributed by atoms with Crippen molar-refractivity contribution in [1.82, 2.24) is 4.57 Å². The van der Waals surface area contributed by atoms with Gasteiger partial charge in [0.1, 0.15) is 0 Å². The largest absolute Gasteiger partial charge is 0.344 e. The average Bonchev–Trinajstić information content (AvgIpc) is 3.14. The first-order valence-corrected chi connectivity index (χ1v) is 10.9. The van der Waals surface area contributed by atoms with Gasteiger partial charge in [-0.1, -0.05) is 24.3 Å². The molecule has 4 rings (SSSR count). The molecule has 0 saturated carbocycles. The molecule has 0 saturated heterocycles. The second-order valence-corrected chi connectivity index (χ2v) is 9.19. The summed E-state index contributed by atoms with van der Waals surface area (Å²) >= 11 is 0. The topological polar surface area (TPSA) is 68.2 Å². The minimum Gasteiger partial charge on any atom is -0.344 e. The van der Waals surface area contributed by atoms with Crippen LogP contribution in [-0.2, 0) is 16.4 Å². The predicted octanol–water partition coefficient (Wildman–Crippen LogP) is 4.39. The second-order valence-electron chi connectivity index (χ2n) is 7.45. The number of Topliss-reactive ketones (excluding diaryl/α,β-unsaturated/α-hetero) is 1. The molecule has 1 N–H and O–H groups in total. The van der Waals surface area contributed by atoms with Crippen molar-refractivity contribution in [2.75, 3.05) is 11.0 Å². The van der Waals surface area contributed by atoms with Crippen molar-refractivity contribution in [3.8, 4) is 11.1 Å². The smallest absolute Gasteiger partial charge is 0.229 e.